The Balaban J connectivity index is 2.31. The third-order valence-corrected chi connectivity index (χ3v) is 3.76. The van der Waals surface area contributed by atoms with Crippen molar-refractivity contribution in [1.82, 2.24) is 9.36 Å². The van der Waals surface area contributed by atoms with Crippen LogP contribution in [0.5, 0.6) is 0 Å². The molecule has 0 aliphatic heterocycles. The number of carbonyl (C=O) groups is 1. The van der Waals surface area contributed by atoms with E-state index in [0.717, 1.165) is 29.4 Å². The van der Waals surface area contributed by atoms with E-state index in [-0.39, 0.29) is 10.5 Å². The number of hydrogen-bond donors (Lipinski definition) is 1. The summed E-state index contributed by atoms with van der Waals surface area (Å²) in [7, 11) is 0. The summed E-state index contributed by atoms with van der Waals surface area (Å²) in [6, 6.07) is 3.66. The van der Waals surface area contributed by atoms with Gasteiger partial charge in [-0.3, -0.25) is 0 Å². The highest BCUT2D eigenvalue weighted by Crippen LogP contribution is 2.31. The number of hydrogen-bond acceptors (Lipinski definition) is 5. The molecule has 0 aliphatic carbocycles. The van der Waals surface area contributed by atoms with Crippen molar-refractivity contribution < 1.29 is 14.3 Å². The summed E-state index contributed by atoms with van der Waals surface area (Å²) in [4.78, 5) is 15.1. The van der Waals surface area contributed by atoms with E-state index in [2.05, 4.69) is 9.36 Å². The standard InChI is InChI=1S/C10H7FN2O2S2/c1-5-12-10(17-13-5)16-8-4-6(9(14)15)2-3-7(8)11/h2-4H,1H3,(H,14,15). The minimum Gasteiger partial charge on any atom is -0.478 e. The van der Waals surface area contributed by atoms with Gasteiger partial charge in [0.2, 0.25) is 0 Å². The van der Waals surface area contributed by atoms with Crippen molar-refractivity contribution in [3.05, 3.63) is 35.4 Å². The molecule has 0 radical (unpaired) electrons. The number of aromatic nitrogens is 2. The van der Waals surface area contributed by atoms with Crippen LogP contribution in [0.25, 0.3) is 0 Å². The Morgan fingerprint density at radius 2 is 2.29 bits per heavy atom. The average Bonchev–Trinajstić information content (AvgIpc) is 2.67. The lowest BCUT2D eigenvalue weighted by atomic mass is 10.2. The van der Waals surface area contributed by atoms with Crippen molar-refractivity contribution in [2.75, 3.05) is 0 Å². The molecular weight excluding hydrogens is 263 g/mol. The molecule has 0 aliphatic rings. The predicted molar refractivity (Wildman–Crippen MR) is 62.1 cm³/mol. The number of benzene rings is 1. The van der Waals surface area contributed by atoms with Crippen molar-refractivity contribution in [2.24, 2.45) is 0 Å². The Morgan fingerprint density at radius 1 is 1.53 bits per heavy atom. The average molecular weight is 270 g/mol. The second-order valence-electron chi connectivity index (χ2n) is 3.16. The Hall–Kier alpha value is -1.47. The third kappa shape index (κ3) is 2.80. The molecule has 1 aromatic heterocycles. The van der Waals surface area contributed by atoms with E-state index < -0.39 is 11.8 Å². The maximum absolute atomic E-state index is 13.5. The van der Waals surface area contributed by atoms with Crippen LogP contribution in [-0.4, -0.2) is 20.4 Å². The summed E-state index contributed by atoms with van der Waals surface area (Å²) >= 11 is 2.23. The summed E-state index contributed by atoms with van der Waals surface area (Å²) in [5, 5.41) is 8.81. The Labute approximate surface area is 105 Å². The number of halogens is 1. The van der Waals surface area contributed by atoms with E-state index >= 15 is 0 Å². The highest BCUT2D eigenvalue weighted by Gasteiger charge is 2.11. The number of rotatable bonds is 3. The molecular formula is C10H7FN2O2S2. The zero-order chi connectivity index (χ0) is 12.4. The maximum Gasteiger partial charge on any atom is 0.335 e. The quantitative estimate of drug-likeness (QED) is 0.929. The van der Waals surface area contributed by atoms with Crippen LogP contribution >= 0.6 is 23.3 Å². The first-order chi connectivity index (χ1) is 8.06. The fraction of sp³-hybridized carbons (Fsp3) is 0.100. The molecule has 1 heterocycles. The van der Waals surface area contributed by atoms with Crippen molar-refractivity contribution in [1.29, 1.82) is 0 Å². The summed E-state index contributed by atoms with van der Waals surface area (Å²) in [5.41, 5.74) is 0.0511. The third-order valence-electron chi connectivity index (χ3n) is 1.88. The SMILES string of the molecule is Cc1nsc(Sc2cc(C(=O)O)ccc2F)n1. The Morgan fingerprint density at radius 3 is 2.88 bits per heavy atom. The fourth-order valence-corrected chi connectivity index (χ4v) is 2.80. The van der Waals surface area contributed by atoms with Gasteiger partial charge in [0.1, 0.15) is 11.6 Å². The van der Waals surface area contributed by atoms with Gasteiger partial charge in [-0.2, -0.15) is 4.37 Å². The van der Waals surface area contributed by atoms with Crippen LogP contribution in [0.15, 0.2) is 27.4 Å². The minimum atomic E-state index is -1.08. The van der Waals surface area contributed by atoms with E-state index in [9.17, 15) is 9.18 Å². The molecule has 0 unspecified atom stereocenters. The van der Waals surface area contributed by atoms with Gasteiger partial charge in [0, 0.05) is 0 Å². The summed E-state index contributed by atoms with van der Waals surface area (Å²) in [6.07, 6.45) is 0. The van der Waals surface area contributed by atoms with E-state index in [1.165, 1.54) is 12.1 Å². The molecule has 0 fully saturated rings. The molecule has 0 bridgehead atoms. The van der Waals surface area contributed by atoms with Crippen LogP contribution in [0, 0.1) is 12.7 Å². The number of aryl methyl sites for hydroxylation is 1. The molecule has 88 valence electrons. The fourth-order valence-electron chi connectivity index (χ4n) is 1.13. The molecule has 1 aromatic carbocycles. The maximum atomic E-state index is 13.5. The van der Waals surface area contributed by atoms with E-state index in [4.69, 9.17) is 5.11 Å². The van der Waals surface area contributed by atoms with Gasteiger partial charge in [-0.05, 0) is 36.7 Å². The summed E-state index contributed by atoms with van der Waals surface area (Å²) in [5.74, 6) is -0.930. The zero-order valence-corrected chi connectivity index (χ0v) is 10.3. The van der Waals surface area contributed by atoms with Crippen molar-refractivity contribution in [3.8, 4) is 0 Å². The molecule has 0 spiro atoms. The highest BCUT2D eigenvalue weighted by atomic mass is 32.2. The molecule has 1 N–H and O–H groups in total. The van der Waals surface area contributed by atoms with E-state index in [1.807, 2.05) is 0 Å². The van der Waals surface area contributed by atoms with Crippen molar-refractivity contribution in [3.63, 3.8) is 0 Å². The smallest absolute Gasteiger partial charge is 0.335 e. The lowest BCUT2D eigenvalue weighted by molar-refractivity contribution is 0.0696. The van der Waals surface area contributed by atoms with Crippen LogP contribution in [0.2, 0.25) is 0 Å². The molecule has 2 rings (SSSR count). The first-order valence-electron chi connectivity index (χ1n) is 4.57. The Kier molecular flexibility index (Phi) is 3.39. The zero-order valence-electron chi connectivity index (χ0n) is 8.68. The molecule has 4 nitrogen and oxygen atoms in total. The molecule has 0 atom stereocenters. The lowest BCUT2D eigenvalue weighted by Crippen LogP contribution is -1.97. The van der Waals surface area contributed by atoms with Gasteiger partial charge in [0.15, 0.2) is 4.34 Å². The first-order valence-corrected chi connectivity index (χ1v) is 6.16. The van der Waals surface area contributed by atoms with Crippen LogP contribution in [-0.2, 0) is 0 Å². The number of carboxylic acids is 1. The van der Waals surface area contributed by atoms with Gasteiger partial charge in [0.05, 0.1) is 10.5 Å². The molecule has 7 heteroatoms. The number of nitrogens with zero attached hydrogens (tertiary/aromatic N) is 2. The topological polar surface area (TPSA) is 63.1 Å². The van der Waals surface area contributed by atoms with E-state index in [0.29, 0.717) is 10.2 Å². The van der Waals surface area contributed by atoms with Crippen LogP contribution in [0.4, 0.5) is 4.39 Å². The Bertz CT molecular complexity index is 571. The lowest BCUT2D eigenvalue weighted by Gasteiger charge is -2.01. The van der Waals surface area contributed by atoms with Crippen molar-refractivity contribution >= 4 is 29.3 Å². The van der Waals surface area contributed by atoms with Crippen LogP contribution < -0.4 is 0 Å². The largest absolute Gasteiger partial charge is 0.478 e. The van der Waals surface area contributed by atoms with Gasteiger partial charge in [-0.25, -0.2) is 14.2 Å². The van der Waals surface area contributed by atoms with Crippen LogP contribution in [0.3, 0.4) is 0 Å². The van der Waals surface area contributed by atoms with Gasteiger partial charge < -0.3 is 5.11 Å². The summed E-state index contributed by atoms with van der Waals surface area (Å²) < 4.78 is 18.0. The second-order valence-corrected chi connectivity index (χ2v) is 5.20. The molecule has 17 heavy (non-hydrogen) atoms. The number of aromatic carboxylic acids is 1. The minimum absolute atomic E-state index is 0.0511. The molecule has 0 amide bonds. The molecule has 0 saturated carbocycles. The van der Waals surface area contributed by atoms with Gasteiger partial charge in [0.25, 0.3) is 0 Å². The normalized spacial score (nSPS) is 10.5. The van der Waals surface area contributed by atoms with Gasteiger partial charge in [-0.15, -0.1) is 0 Å². The van der Waals surface area contributed by atoms with Gasteiger partial charge in [-0.1, -0.05) is 11.8 Å². The second kappa shape index (κ2) is 4.80. The van der Waals surface area contributed by atoms with Gasteiger partial charge >= 0.3 is 5.97 Å². The highest BCUT2D eigenvalue weighted by molar-refractivity contribution is 8.01. The van der Waals surface area contributed by atoms with Crippen LogP contribution in [0.1, 0.15) is 16.2 Å². The molecule has 2 aromatic rings. The first kappa shape index (κ1) is 12.0. The molecule has 0 saturated heterocycles. The monoisotopic (exact) mass is 270 g/mol. The summed E-state index contributed by atoms with van der Waals surface area (Å²) in [6.45, 7) is 1.74. The van der Waals surface area contributed by atoms with Crippen molar-refractivity contribution in [2.45, 2.75) is 16.2 Å². The predicted octanol–water partition coefficient (Wildman–Crippen LogP) is 2.84. The number of carboxylic acid groups (broad SMARTS) is 1. The van der Waals surface area contributed by atoms with E-state index in [1.54, 1.807) is 6.92 Å².